The zero-order chi connectivity index (χ0) is 23.1. The number of nitrogen functional groups attached to an aromatic ring is 1. The molecule has 3 aromatic heterocycles. The number of thiophene rings is 1. The van der Waals surface area contributed by atoms with E-state index >= 15 is 0 Å². The summed E-state index contributed by atoms with van der Waals surface area (Å²) < 4.78 is 14.2. The van der Waals surface area contributed by atoms with Gasteiger partial charge in [0.15, 0.2) is 0 Å². The Hall–Kier alpha value is -3.62. The minimum atomic E-state index is -0.458. The molecule has 9 heteroatoms. The number of carbonyl (C=O) groups excluding carboxylic acids is 1. The van der Waals surface area contributed by atoms with Gasteiger partial charge in [-0.2, -0.15) is 0 Å². The Labute approximate surface area is 197 Å². The van der Waals surface area contributed by atoms with E-state index in [4.69, 9.17) is 17.3 Å². The summed E-state index contributed by atoms with van der Waals surface area (Å²) in [4.78, 5) is 25.9. The van der Waals surface area contributed by atoms with Crippen LogP contribution in [0.2, 0.25) is 5.02 Å². The second kappa shape index (κ2) is 8.38. The molecule has 0 aliphatic carbocycles. The average Bonchev–Trinajstić information content (AvgIpc) is 3.24. The van der Waals surface area contributed by atoms with Gasteiger partial charge in [0.2, 0.25) is 0 Å². The van der Waals surface area contributed by atoms with Crippen molar-refractivity contribution in [1.29, 1.82) is 0 Å². The fourth-order valence-corrected chi connectivity index (χ4v) is 4.89. The van der Waals surface area contributed by atoms with Gasteiger partial charge >= 0.3 is 0 Å². The van der Waals surface area contributed by atoms with Gasteiger partial charge in [0.05, 0.1) is 32.2 Å². The molecule has 0 fully saturated rings. The summed E-state index contributed by atoms with van der Waals surface area (Å²) in [7, 11) is 0. The maximum atomic E-state index is 13.5. The number of rotatable bonds is 4. The zero-order valence-corrected chi connectivity index (χ0v) is 19.0. The molecular formula is C24H17ClFN5OS. The van der Waals surface area contributed by atoms with Crippen LogP contribution < -0.4 is 11.1 Å². The Balaban J connectivity index is 1.53. The number of benzene rings is 2. The number of aryl methyl sites for hydroxylation is 1. The number of halogens is 2. The lowest BCUT2D eigenvalue weighted by Gasteiger charge is -2.14. The van der Waals surface area contributed by atoms with Crippen molar-refractivity contribution in [3.63, 3.8) is 0 Å². The summed E-state index contributed by atoms with van der Waals surface area (Å²) in [6, 6.07) is 10.4. The van der Waals surface area contributed by atoms with E-state index in [0.717, 1.165) is 27.6 Å². The molecule has 0 aliphatic heterocycles. The number of fused-ring (bicyclic) bond motifs is 2. The second-order valence-corrected chi connectivity index (χ2v) is 8.86. The van der Waals surface area contributed by atoms with Crippen LogP contribution in [0, 0.1) is 12.7 Å². The molecule has 0 bridgehead atoms. The lowest BCUT2D eigenvalue weighted by Crippen LogP contribution is -2.13. The Morgan fingerprint density at radius 2 is 2.00 bits per heavy atom. The van der Waals surface area contributed by atoms with Crippen LogP contribution in [-0.4, -0.2) is 20.9 Å². The first-order valence-corrected chi connectivity index (χ1v) is 11.3. The van der Waals surface area contributed by atoms with E-state index in [1.807, 2.05) is 25.1 Å². The van der Waals surface area contributed by atoms with Crippen molar-refractivity contribution in [2.45, 2.75) is 13.3 Å². The largest absolute Gasteiger partial charge is 0.382 e. The van der Waals surface area contributed by atoms with Gasteiger partial charge in [0.1, 0.15) is 18.0 Å². The van der Waals surface area contributed by atoms with Crippen LogP contribution in [0.3, 0.4) is 0 Å². The fraction of sp³-hybridized carbons (Fsp3) is 0.0833. The van der Waals surface area contributed by atoms with Crippen LogP contribution >= 0.6 is 22.9 Å². The molecule has 33 heavy (non-hydrogen) atoms. The first-order valence-electron chi connectivity index (χ1n) is 10.0. The first-order chi connectivity index (χ1) is 15.9. The summed E-state index contributed by atoms with van der Waals surface area (Å²) in [5.41, 5.74) is 10.1. The smallest absolute Gasteiger partial charge is 0.258 e. The standard InChI is InChI=1S/C24H17ClFN5OS/c1-12-2-4-14-15(6-7-28-19(14)9-13-3-5-18(26)17(25)8-13)20(12)31-24(32)16-10-33-22-21(16)29-11-30-23(22)27/h2-8,10-11H,9H2,1H3,(H,31,32)(H2,27,29,30). The lowest BCUT2D eigenvalue weighted by molar-refractivity contribution is 0.102. The quantitative estimate of drug-likeness (QED) is 0.343. The molecule has 0 unspecified atom stereocenters. The van der Waals surface area contributed by atoms with Crippen LogP contribution in [0.4, 0.5) is 15.9 Å². The van der Waals surface area contributed by atoms with Gasteiger partial charge in [-0.1, -0.05) is 29.8 Å². The van der Waals surface area contributed by atoms with Crippen molar-refractivity contribution in [2.75, 3.05) is 11.1 Å². The first kappa shape index (κ1) is 21.2. The minimum absolute atomic E-state index is 0.0731. The van der Waals surface area contributed by atoms with Gasteiger partial charge in [0.25, 0.3) is 5.91 Å². The summed E-state index contributed by atoms with van der Waals surface area (Å²) >= 11 is 7.28. The Morgan fingerprint density at radius 3 is 2.82 bits per heavy atom. The highest BCUT2D eigenvalue weighted by Crippen LogP contribution is 2.32. The van der Waals surface area contributed by atoms with Crippen molar-refractivity contribution in [3.8, 4) is 0 Å². The van der Waals surface area contributed by atoms with Gasteiger partial charge < -0.3 is 11.1 Å². The number of nitrogens with zero attached hydrogens (tertiary/aromatic N) is 3. The van der Waals surface area contributed by atoms with Crippen molar-refractivity contribution >= 4 is 61.3 Å². The van der Waals surface area contributed by atoms with E-state index in [0.29, 0.717) is 33.7 Å². The molecule has 0 aliphatic rings. The van der Waals surface area contributed by atoms with Crippen molar-refractivity contribution < 1.29 is 9.18 Å². The molecular weight excluding hydrogens is 461 g/mol. The third-order valence-electron chi connectivity index (χ3n) is 5.46. The SMILES string of the molecule is Cc1ccc2c(Cc3ccc(F)c(Cl)c3)nccc2c1NC(=O)c1csc2c(N)ncnc12. The molecule has 164 valence electrons. The molecule has 0 atom stereocenters. The summed E-state index contributed by atoms with van der Waals surface area (Å²) in [5, 5.41) is 6.60. The highest BCUT2D eigenvalue weighted by Gasteiger charge is 2.18. The molecule has 5 aromatic rings. The van der Waals surface area contributed by atoms with Crippen LogP contribution in [0.5, 0.6) is 0 Å². The molecule has 0 radical (unpaired) electrons. The van der Waals surface area contributed by atoms with Crippen LogP contribution in [-0.2, 0) is 6.42 Å². The molecule has 3 N–H and O–H groups in total. The highest BCUT2D eigenvalue weighted by molar-refractivity contribution is 7.18. The number of hydrogen-bond donors (Lipinski definition) is 2. The lowest BCUT2D eigenvalue weighted by atomic mass is 10.00. The molecule has 5 rings (SSSR count). The molecule has 2 aromatic carbocycles. The Morgan fingerprint density at radius 1 is 1.15 bits per heavy atom. The maximum absolute atomic E-state index is 13.5. The Kier molecular flexibility index (Phi) is 5.39. The van der Waals surface area contributed by atoms with Gasteiger partial charge in [-0.15, -0.1) is 11.3 Å². The van der Waals surface area contributed by atoms with E-state index in [1.54, 1.807) is 23.7 Å². The minimum Gasteiger partial charge on any atom is -0.382 e. The van der Waals surface area contributed by atoms with Crippen molar-refractivity contribution in [2.24, 2.45) is 0 Å². The van der Waals surface area contributed by atoms with Crippen LogP contribution in [0.25, 0.3) is 21.0 Å². The topological polar surface area (TPSA) is 93.8 Å². The van der Waals surface area contributed by atoms with Gasteiger partial charge in [-0.05, 0) is 36.2 Å². The van der Waals surface area contributed by atoms with E-state index in [2.05, 4.69) is 20.3 Å². The summed E-state index contributed by atoms with van der Waals surface area (Å²) in [6.45, 7) is 1.93. The maximum Gasteiger partial charge on any atom is 0.258 e. The number of anilines is 2. The molecule has 0 spiro atoms. The van der Waals surface area contributed by atoms with E-state index < -0.39 is 5.82 Å². The summed E-state index contributed by atoms with van der Waals surface area (Å²) in [6.07, 6.45) is 3.52. The third kappa shape index (κ3) is 3.88. The highest BCUT2D eigenvalue weighted by atomic mass is 35.5. The zero-order valence-electron chi connectivity index (χ0n) is 17.4. The monoisotopic (exact) mass is 477 g/mol. The molecule has 6 nitrogen and oxygen atoms in total. The van der Waals surface area contributed by atoms with Gasteiger partial charge in [-0.25, -0.2) is 14.4 Å². The van der Waals surface area contributed by atoms with E-state index in [1.165, 1.54) is 23.7 Å². The van der Waals surface area contributed by atoms with Crippen molar-refractivity contribution in [3.05, 3.63) is 87.5 Å². The predicted molar refractivity (Wildman–Crippen MR) is 130 cm³/mol. The molecule has 1 amide bonds. The number of nitrogens with two attached hydrogens (primary N) is 1. The van der Waals surface area contributed by atoms with Crippen LogP contribution in [0.15, 0.2) is 54.3 Å². The fourth-order valence-electron chi connectivity index (χ4n) is 3.79. The normalized spacial score (nSPS) is 11.2. The number of amides is 1. The van der Waals surface area contributed by atoms with Crippen LogP contribution in [0.1, 0.15) is 27.2 Å². The number of nitrogens with one attached hydrogen (secondary N) is 1. The Bertz CT molecular complexity index is 1550. The van der Waals surface area contributed by atoms with Gasteiger partial charge in [0, 0.05) is 28.8 Å². The second-order valence-electron chi connectivity index (χ2n) is 7.58. The number of pyridine rings is 1. The predicted octanol–water partition coefficient (Wildman–Crippen LogP) is 5.77. The molecule has 0 saturated carbocycles. The average molecular weight is 478 g/mol. The summed E-state index contributed by atoms with van der Waals surface area (Å²) in [5.74, 6) is -0.388. The van der Waals surface area contributed by atoms with E-state index in [9.17, 15) is 9.18 Å². The number of carbonyl (C=O) groups is 1. The molecule has 0 saturated heterocycles. The molecule has 3 heterocycles. The number of hydrogen-bond acceptors (Lipinski definition) is 6. The third-order valence-corrected chi connectivity index (χ3v) is 6.74. The van der Waals surface area contributed by atoms with Crippen molar-refractivity contribution in [1.82, 2.24) is 15.0 Å². The van der Waals surface area contributed by atoms with E-state index in [-0.39, 0.29) is 10.9 Å². The number of aromatic nitrogens is 3. The van der Waals surface area contributed by atoms with Gasteiger partial charge in [-0.3, -0.25) is 9.78 Å².